The number of likely N-dealkylation sites (tertiary alicyclic amines) is 2. The number of rotatable bonds is 7. The van der Waals surface area contributed by atoms with Crippen LogP contribution in [0.5, 0.6) is 11.5 Å². The second-order valence-electron chi connectivity index (χ2n) is 8.90. The minimum Gasteiger partial charge on any atom is -0.497 e. The predicted octanol–water partition coefficient (Wildman–Crippen LogP) is 2.06. The second-order valence-corrected chi connectivity index (χ2v) is 8.90. The number of nitrogens with one attached hydrogen (secondary N) is 1. The third-order valence-electron chi connectivity index (χ3n) is 6.78. The molecule has 34 heavy (non-hydrogen) atoms. The van der Waals surface area contributed by atoms with E-state index in [2.05, 4.69) is 10.2 Å². The highest BCUT2D eigenvalue weighted by Crippen LogP contribution is 2.28. The molecule has 2 N–H and O–H groups in total. The van der Waals surface area contributed by atoms with Gasteiger partial charge in [-0.25, -0.2) is 0 Å². The number of β-amino-alcohol motifs (C(OH)–C–C–N with tert-alkyl or cyclic N) is 1. The molecule has 0 spiro atoms. The zero-order valence-corrected chi connectivity index (χ0v) is 19.8. The molecule has 0 bridgehead atoms. The van der Waals surface area contributed by atoms with E-state index in [9.17, 15) is 14.7 Å². The molecule has 0 aliphatic carbocycles. The van der Waals surface area contributed by atoms with E-state index in [1.807, 2.05) is 41.3 Å². The Hall–Kier alpha value is -3.10. The van der Waals surface area contributed by atoms with Crippen LogP contribution in [-0.2, 0) is 11.3 Å². The van der Waals surface area contributed by atoms with E-state index in [0.29, 0.717) is 43.9 Å². The summed E-state index contributed by atoms with van der Waals surface area (Å²) in [6, 6.07) is 14.6. The normalized spacial score (nSPS) is 21.3. The Morgan fingerprint density at radius 1 is 1.06 bits per heavy atom. The summed E-state index contributed by atoms with van der Waals surface area (Å²) < 4.78 is 10.6. The van der Waals surface area contributed by atoms with Gasteiger partial charge in [0.25, 0.3) is 5.91 Å². The number of aliphatic hydroxyl groups excluding tert-OH is 1. The van der Waals surface area contributed by atoms with Gasteiger partial charge in [-0.2, -0.15) is 0 Å². The van der Waals surface area contributed by atoms with E-state index in [-0.39, 0.29) is 23.9 Å². The predicted molar refractivity (Wildman–Crippen MR) is 128 cm³/mol. The molecule has 4 rings (SSSR count). The zero-order valence-electron chi connectivity index (χ0n) is 19.8. The van der Waals surface area contributed by atoms with Crippen LogP contribution in [0.15, 0.2) is 48.5 Å². The fourth-order valence-electron chi connectivity index (χ4n) is 4.98. The standard InChI is InChI=1S/C26H33N3O5/c1-33-21-7-5-6-18(14-21)16-27-25(31)23-15-20(30)17-29(23)19-10-12-28(13-11-19)26(32)22-8-3-4-9-24(22)34-2/h3-9,14,19-20,23,30H,10-13,15-17H2,1-2H3,(H,27,31)/t20-,23+/m1/s1. The van der Waals surface area contributed by atoms with Crippen LogP contribution in [0.4, 0.5) is 0 Å². The Morgan fingerprint density at radius 2 is 1.82 bits per heavy atom. The summed E-state index contributed by atoms with van der Waals surface area (Å²) in [5, 5.41) is 13.4. The first-order chi connectivity index (χ1) is 16.5. The fraction of sp³-hybridized carbons (Fsp3) is 0.462. The third kappa shape index (κ3) is 5.34. The Bertz CT molecular complexity index is 1010. The van der Waals surface area contributed by atoms with Gasteiger partial charge < -0.3 is 24.8 Å². The molecule has 8 nitrogen and oxygen atoms in total. The monoisotopic (exact) mass is 467 g/mol. The average Bonchev–Trinajstić information content (AvgIpc) is 3.28. The van der Waals surface area contributed by atoms with Crippen molar-refractivity contribution in [2.45, 2.75) is 44.0 Å². The first-order valence-corrected chi connectivity index (χ1v) is 11.8. The molecule has 0 unspecified atom stereocenters. The number of amides is 2. The first kappa shape index (κ1) is 24.0. The quantitative estimate of drug-likeness (QED) is 0.648. The molecule has 0 radical (unpaired) electrons. The SMILES string of the molecule is COc1cccc(CNC(=O)[C@@H]2C[C@@H](O)CN2C2CCN(C(=O)c3ccccc3OC)CC2)c1. The zero-order chi connectivity index (χ0) is 24.1. The van der Waals surface area contributed by atoms with Gasteiger partial charge in [0.1, 0.15) is 11.5 Å². The molecule has 2 aliphatic heterocycles. The van der Waals surface area contributed by atoms with Gasteiger partial charge in [0, 0.05) is 32.2 Å². The van der Waals surface area contributed by atoms with E-state index >= 15 is 0 Å². The number of nitrogens with zero attached hydrogens (tertiary/aromatic N) is 2. The molecule has 2 saturated heterocycles. The number of aliphatic hydroxyl groups is 1. The minimum absolute atomic E-state index is 0.0371. The average molecular weight is 468 g/mol. The van der Waals surface area contributed by atoms with Crippen molar-refractivity contribution in [1.29, 1.82) is 0 Å². The van der Waals surface area contributed by atoms with E-state index in [1.54, 1.807) is 26.4 Å². The maximum Gasteiger partial charge on any atom is 0.257 e. The maximum absolute atomic E-state index is 13.0. The number of piperidine rings is 1. The van der Waals surface area contributed by atoms with Crippen LogP contribution in [0.3, 0.4) is 0 Å². The molecular formula is C26H33N3O5. The molecule has 2 aromatic rings. The lowest BCUT2D eigenvalue weighted by atomic mass is 10.0. The van der Waals surface area contributed by atoms with Gasteiger partial charge in [-0.1, -0.05) is 24.3 Å². The van der Waals surface area contributed by atoms with E-state index < -0.39 is 6.10 Å². The van der Waals surface area contributed by atoms with Gasteiger partial charge in [-0.3, -0.25) is 14.5 Å². The smallest absolute Gasteiger partial charge is 0.257 e. The van der Waals surface area contributed by atoms with E-state index in [4.69, 9.17) is 9.47 Å². The number of hydrogen-bond donors (Lipinski definition) is 2. The van der Waals surface area contributed by atoms with Gasteiger partial charge in [0.15, 0.2) is 0 Å². The highest BCUT2D eigenvalue weighted by atomic mass is 16.5. The lowest BCUT2D eigenvalue weighted by Crippen LogP contribution is -2.52. The topological polar surface area (TPSA) is 91.3 Å². The van der Waals surface area contributed by atoms with Crippen LogP contribution < -0.4 is 14.8 Å². The Labute approximate surface area is 200 Å². The molecule has 182 valence electrons. The lowest BCUT2D eigenvalue weighted by molar-refractivity contribution is -0.126. The highest BCUT2D eigenvalue weighted by molar-refractivity contribution is 5.97. The number of carbonyl (C=O) groups excluding carboxylic acids is 2. The van der Waals surface area contributed by atoms with Crippen molar-refractivity contribution in [3.05, 3.63) is 59.7 Å². The largest absolute Gasteiger partial charge is 0.497 e. The van der Waals surface area contributed by atoms with Gasteiger partial charge in [-0.15, -0.1) is 0 Å². The Morgan fingerprint density at radius 3 is 2.56 bits per heavy atom. The summed E-state index contributed by atoms with van der Waals surface area (Å²) in [5.74, 6) is 1.21. The van der Waals surface area contributed by atoms with Crippen molar-refractivity contribution in [3.63, 3.8) is 0 Å². The summed E-state index contributed by atoms with van der Waals surface area (Å²) in [5.41, 5.74) is 1.52. The van der Waals surface area contributed by atoms with Gasteiger partial charge >= 0.3 is 0 Å². The van der Waals surface area contributed by atoms with Crippen molar-refractivity contribution in [2.75, 3.05) is 33.9 Å². The van der Waals surface area contributed by atoms with Crippen LogP contribution in [0.1, 0.15) is 35.2 Å². The number of hydrogen-bond acceptors (Lipinski definition) is 6. The molecule has 2 aromatic carbocycles. The summed E-state index contributed by atoms with van der Waals surface area (Å²) in [7, 11) is 3.18. The van der Waals surface area contributed by atoms with E-state index in [1.165, 1.54) is 0 Å². The molecule has 2 amide bonds. The van der Waals surface area contributed by atoms with Crippen molar-refractivity contribution in [2.24, 2.45) is 0 Å². The van der Waals surface area contributed by atoms with Crippen LogP contribution in [-0.4, -0.2) is 78.8 Å². The molecule has 8 heteroatoms. The van der Waals surface area contributed by atoms with Crippen molar-refractivity contribution in [1.82, 2.24) is 15.1 Å². The Balaban J connectivity index is 1.35. The molecule has 2 aliphatic rings. The van der Waals surface area contributed by atoms with Gasteiger partial charge in [-0.05, 0) is 49.1 Å². The van der Waals surface area contributed by atoms with E-state index in [0.717, 1.165) is 24.2 Å². The van der Waals surface area contributed by atoms with Crippen LogP contribution in [0.25, 0.3) is 0 Å². The molecule has 2 fully saturated rings. The number of methoxy groups -OCH3 is 2. The number of carbonyl (C=O) groups is 2. The highest BCUT2D eigenvalue weighted by Gasteiger charge is 2.41. The summed E-state index contributed by atoms with van der Waals surface area (Å²) in [4.78, 5) is 30.0. The molecule has 2 heterocycles. The summed E-state index contributed by atoms with van der Waals surface area (Å²) in [6.07, 6.45) is 1.41. The van der Waals surface area contributed by atoms with Crippen molar-refractivity contribution < 1.29 is 24.2 Å². The summed E-state index contributed by atoms with van der Waals surface area (Å²) in [6.45, 7) is 2.09. The van der Waals surface area contributed by atoms with Crippen molar-refractivity contribution >= 4 is 11.8 Å². The van der Waals surface area contributed by atoms with Crippen LogP contribution >= 0.6 is 0 Å². The molecule has 0 aromatic heterocycles. The maximum atomic E-state index is 13.0. The molecular weight excluding hydrogens is 434 g/mol. The number of para-hydroxylation sites is 1. The summed E-state index contributed by atoms with van der Waals surface area (Å²) >= 11 is 0. The Kier molecular flexibility index (Phi) is 7.70. The van der Waals surface area contributed by atoms with Crippen LogP contribution in [0, 0.1) is 0 Å². The number of ether oxygens (including phenoxy) is 2. The van der Waals surface area contributed by atoms with Gasteiger partial charge in [0.2, 0.25) is 5.91 Å². The fourth-order valence-corrected chi connectivity index (χ4v) is 4.98. The van der Waals surface area contributed by atoms with Crippen LogP contribution in [0.2, 0.25) is 0 Å². The van der Waals surface area contributed by atoms with Gasteiger partial charge in [0.05, 0.1) is 31.9 Å². The minimum atomic E-state index is -0.527. The number of benzene rings is 2. The molecule has 2 atom stereocenters. The lowest BCUT2D eigenvalue weighted by Gasteiger charge is -2.39. The first-order valence-electron chi connectivity index (χ1n) is 11.8. The third-order valence-corrected chi connectivity index (χ3v) is 6.78. The molecule has 0 saturated carbocycles. The van der Waals surface area contributed by atoms with Crippen molar-refractivity contribution in [3.8, 4) is 11.5 Å². The second kappa shape index (κ2) is 10.9.